The smallest absolute Gasteiger partial charge is 0.119 e. The van der Waals surface area contributed by atoms with Crippen LogP contribution in [0.5, 0.6) is 5.75 Å². The maximum atomic E-state index is 5.87. The molecule has 1 heteroatoms. The second-order valence-corrected chi connectivity index (χ2v) is 6.49. The van der Waals surface area contributed by atoms with Gasteiger partial charge in [-0.25, -0.2) is 0 Å². The summed E-state index contributed by atoms with van der Waals surface area (Å²) in [4.78, 5) is 0. The van der Waals surface area contributed by atoms with Gasteiger partial charge in [0.2, 0.25) is 0 Å². The van der Waals surface area contributed by atoms with Crippen LogP contribution in [0, 0.1) is 11.3 Å². The zero-order chi connectivity index (χ0) is 12.3. The Morgan fingerprint density at radius 1 is 1.24 bits per heavy atom. The van der Waals surface area contributed by atoms with Crippen LogP contribution in [0.25, 0.3) is 0 Å². The summed E-state index contributed by atoms with van der Waals surface area (Å²) in [5.74, 6) is 1.85. The van der Waals surface area contributed by atoms with E-state index in [-0.39, 0.29) is 0 Å². The Morgan fingerprint density at radius 2 is 2.00 bits per heavy atom. The predicted octanol–water partition coefficient (Wildman–Crippen LogP) is 4.45. The van der Waals surface area contributed by atoms with Gasteiger partial charge in [0.05, 0.1) is 6.61 Å². The lowest BCUT2D eigenvalue weighted by molar-refractivity contribution is 0.180. The Labute approximate surface area is 105 Å². The van der Waals surface area contributed by atoms with Crippen molar-refractivity contribution in [1.29, 1.82) is 0 Å². The number of rotatable bonds is 4. The number of hydrogen-bond donors (Lipinski definition) is 0. The molecule has 0 bridgehead atoms. The number of hydrogen-bond acceptors (Lipinski definition) is 1. The first kappa shape index (κ1) is 12.5. The van der Waals surface area contributed by atoms with E-state index in [1.165, 1.54) is 24.8 Å². The molecule has 94 valence electrons. The van der Waals surface area contributed by atoms with Gasteiger partial charge in [-0.3, -0.25) is 0 Å². The van der Waals surface area contributed by atoms with Crippen LogP contribution in [0.3, 0.4) is 0 Å². The van der Waals surface area contributed by atoms with Crippen molar-refractivity contribution in [2.24, 2.45) is 11.3 Å². The van der Waals surface area contributed by atoms with Crippen LogP contribution in [-0.4, -0.2) is 6.61 Å². The van der Waals surface area contributed by atoms with Crippen molar-refractivity contribution in [3.05, 3.63) is 29.8 Å². The van der Waals surface area contributed by atoms with Crippen molar-refractivity contribution in [2.75, 3.05) is 6.61 Å². The second-order valence-electron chi connectivity index (χ2n) is 6.49. The molecule has 17 heavy (non-hydrogen) atoms. The van der Waals surface area contributed by atoms with Gasteiger partial charge in [-0.1, -0.05) is 39.3 Å². The lowest BCUT2D eigenvalue weighted by Gasteiger charge is -2.25. The predicted molar refractivity (Wildman–Crippen MR) is 72.4 cm³/mol. The van der Waals surface area contributed by atoms with Crippen LogP contribution in [0.4, 0.5) is 0 Å². The summed E-state index contributed by atoms with van der Waals surface area (Å²) in [6.45, 7) is 7.72. The van der Waals surface area contributed by atoms with Crippen LogP contribution < -0.4 is 4.74 Å². The molecule has 0 N–H and O–H groups in total. The molecule has 0 aromatic heterocycles. The molecule has 1 nitrogen and oxygen atoms in total. The van der Waals surface area contributed by atoms with Crippen molar-refractivity contribution in [3.63, 3.8) is 0 Å². The first-order chi connectivity index (χ1) is 8.03. The molecule has 1 fully saturated rings. The van der Waals surface area contributed by atoms with Crippen LogP contribution in [0.15, 0.2) is 24.3 Å². The van der Waals surface area contributed by atoms with E-state index in [1.807, 2.05) is 0 Å². The monoisotopic (exact) mass is 232 g/mol. The van der Waals surface area contributed by atoms with Crippen molar-refractivity contribution in [2.45, 2.75) is 46.5 Å². The first-order valence-corrected chi connectivity index (χ1v) is 6.75. The number of benzene rings is 1. The standard InChI is InChI=1S/C16H24O/c1-16(2,3)11-14-8-5-9-15(10-14)17-12-13-6-4-7-13/h5,8-10,13H,4,6-7,11-12H2,1-3H3. The van der Waals surface area contributed by atoms with Gasteiger partial charge in [0.25, 0.3) is 0 Å². The molecular weight excluding hydrogens is 208 g/mol. The summed E-state index contributed by atoms with van der Waals surface area (Å²) < 4.78 is 5.87. The van der Waals surface area contributed by atoms with Gasteiger partial charge in [-0.2, -0.15) is 0 Å². The lowest BCUT2D eigenvalue weighted by Crippen LogP contribution is -2.19. The fraction of sp³-hybridized carbons (Fsp3) is 0.625. The Kier molecular flexibility index (Phi) is 3.76. The highest BCUT2D eigenvalue weighted by atomic mass is 16.5. The van der Waals surface area contributed by atoms with Gasteiger partial charge >= 0.3 is 0 Å². The van der Waals surface area contributed by atoms with E-state index in [4.69, 9.17) is 4.74 Å². The van der Waals surface area contributed by atoms with Gasteiger partial charge in [0, 0.05) is 0 Å². The van der Waals surface area contributed by atoms with E-state index >= 15 is 0 Å². The Balaban J connectivity index is 1.91. The summed E-state index contributed by atoms with van der Waals surface area (Å²) in [6.07, 6.45) is 5.19. The fourth-order valence-electron chi connectivity index (χ4n) is 2.23. The largest absolute Gasteiger partial charge is 0.493 e. The fourth-order valence-corrected chi connectivity index (χ4v) is 2.23. The minimum absolute atomic E-state index is 0.340. The summed E-state index contributed by atoms with van der Waals surface area (Å²) in [5.41, 5.74) is 1.72. The highest BCUT2D eigenvalue weighted by Gasteiger charge is 2.18. The molecule has 0 radical (unpaired) electrons. The van der Waals surface area contributed by atoms with Gasteiger partial charge < -0.3 is 4.74 Å². The molecule has 0 amide bonds. The molecule has 2 rings (SSSR count). The summed E-state index contributed by atoms with van der Waals surface area (Å²) in [6, 6.07) is 8.58. The zero-order valence-electron chi connectivity index (χ0n) is 11.3. The zero-order valence-corrected chi connectivity index (χ0v) is 11.3. The normalized spacial score (nSPS) is 16.6. The molecule has 0 unspecified atom stereocenters. The Hall–Kier alpha value is -0.980. The van der Waals surface area contributed by atoms with E-state index in [9.17, 15) is 0 Å². The van der Waals surface area contributed by atoms with E-state index in [2.05, 4.69) is 45.0 Å². The minimum Gasteiger partial charge on any atom is -0.493 e. The third-order valence-electron chi connectivity index (χ3n) is 3.34. The van der Waals surface area contributed by atoms with Crippen LogP contribution in [0.2, 0.25) is 0 Å². The van der Waals surface area contributed by atoms with E-state index in [1.54, 1.807) is 0 Å². The molecule has 1 aliphatic carbocycles. The maximum Gasteiger partial charge on any atom is 0.119 e. The van der Waals surface area contributed by atoms with Gasteiger partial charge in [-0.15, -0.1) is 0 Å². The van der Waals surface area contributed by atoms with Crippen LogP contribution in [0.1, 0.15) is 45.6 Å². The third kappa shape index (κ3) is 4.07. The van der Waals surface area contributed by atoms with Crippen molar-refractivity contribution < 1.29 is 4.74 Å². The summed E-state index contributed by atoms with van der Waals surface area (Å²) >= 11 is 0. The molecule has 1 aliphatic rings. The molecule has 0 spiro atoms. The average Bonchev–Trinajstić information content (AvgIpc) is 2.13. The summed E-state index contributed by atoms with van der Waals surface area (Å²) in [7, 11) is 0. The molecule has 1 aromatic carbocycles. The molecule has 0 saturated heterocycles. The van der Waals surface area contributed by atoms with E-state index in [0.29, 0.717) is 5.41 Å². The van der Waals surface area contributed by atoms with Crippen molar-refractivity contribution in [1.82, 2.24) is 0 Å². The highest BCUT2D eigenvalue weighted by molar-refractivity contribution is 5.29. The molecular formula is C16H24O. The number of ether oxygens (including phenoxy) is 1. The topological polar surface area (TPSA) is 9.23 Å². The third-order valence-corrected chi connectivity index (χ3v) is 3.34. The molecule has 0 atom stereocenters. The lowest BCUT2D eigenvalue weighted by atomic mass is 9.86. The molecule has 1 saturated carbocycles. The van der Waals surface area contributed by atoms with Gasteiger partial charge in [0.1, 0.15) is 5.75 Å². The second kappa shape index (κ2) is 5.12. The quantitative estimate of drug-likeness (QED) is 0.745. The summed E-state index contributed by atoms with van der Waals surface area (Å²) in [5, 5.41) is 0. The van der Waals surface area contributed by atoms with Gasteiger partial charge in [-0.05, 0) is 48.3 Å². The SMILES string of the molecule is CC(C)(C)Cc1cccc(OCC2CCC2)c1. The van der Waals surface area contributed by atoms with Crippen LogP contribution in [-0.2, 0) is 6.42 Å². The molecule has 0 heterocycles. The Bertz CT molecular complexity index is 358. The van der Waals surface area contributed by atoms with Crippen molar-refractivity contribution >= 4 is 0 Å². The van der Waals surface area contributed by atoms with E-state index in [0.717, 1.165) is 24.7 Å². The minimum atomic E-state index is 0.340. The van der Waals surface area contributed by atoms with E-state index < -0.39 is 0 Å². The van der Waals surface area contributed by atoms with Crippen LogP contribution >= 0.6 is 0 Å². The highest BCUT2D eigenvalue weighted by Crippen LogP contribution is 2.28. The average molecular weight is 232 g/mol. The van der Waals surface area contributed by atoms with Gasteiger partial charge in [0.15, 0.2) is 0 Å². The van der Waals surface area contributed by atoms with Crippen molar-refractivity contribution in [3.8, 4) is 5.75 Å². The molecule has 1 aromatic rings. The molecule has 0 aliphatic heterocycles. The Morgan fingerprint density at radius 3 is 2.59 bits per heavy atom. The first-order valence-electron chi connectivity index (χ1n) is 6.75. The maximum absolute atomic E-state index is 5.87.